The largest absolute Gasteiger partial charge is 0.368 e. The first kappa shape index (κ1) is 20.8. The fourth-order valence-electron chi connectivity index (χ4n) is 4.83. The molecule has 0 saturated carbocycles. The summed E-state index contributed by atoms with van der Waals surface area (Å²) < 4.78 is 0. The van der Waals surface area contributed by atoms with Crippen LogP contribution in [-0.4, -0.2) is 37.6 Å². The Labute approximate surface area is 165 Å². The number of hydrogen-bond acceptors (Lipinski definition) is 3. The minimum atomic E-state index is 0. The Bertz CT molecular complexity index is 692. The minimum absolute atomic E-state index is 0. The predicted octanol–water partition coefficient (Wildman–Crippen LogP) is 4.98. The first-order chi connectivity index (χ1) is 11.8. The van der Waals surface area contributed by atoms with Crippen LogP contribution in [0.5, 0.6) is 0 Å². The minimum Gasteiger partial charge on any atom is -0.368 e. The third-order valence-electron chi connectivity index (χ3n) is 5.43. The van der Waals surface area contributed by atoms with E-state index in [9.17, 15) is 0 Å². The van der Waals surface area contributed by atoms with Crippen molar-refractivity contribution in [3.63, 3.8) is 0 Å². The number of piperazine rings is 1. The summed E-state index contributed by atoms with van der Waals surface area (Å²) in [6.45, 7) is 14.0. The molecule has 0 radical (unpaired) electrons. The highest BCUT2D eigenvalue weighted by atomic mass is 35.5. The molecule has 0 N–H and O–H groups in total. The summed E-state index contributed by atoms with van der Waals surface area (Å²) in [6, 6.07) is 11.2. The number of hydrogen-bond donors (Lipinski definition) is 0. The Balaban J connectivity index is 0.00000243. The lowest BCUT2D eigenvalue weighted by Crippen LogP contribution is -2.46. The monoisotopic (exact) mass is 373 g/mol. The molecule has 142 valence electrons. The van der Waals surface area contributed by atoms with Crippen molar-refractivity contribution in [1.29, 1.82) is 5.26 Å². The smallest absolute Gasteiger partial charge is 0.0867 e. The van der Waals surface area contributed by atoms with Crippen molar-refractivity contribution in [2.75, 3.05) is 37.6 Å². The molecule has 0 unspecified atom stereocenters. The van der Waals surface area contributed by atoms with E-state index in [1.807, 2.05) is 0 Å². The zero-order valence-corrected chi connectivity index (χ0v) is 17.4. The number of halogens is 1. The fraction of sp³-hybridized carbons (Fsp3) is 0.591. The van der Waals surface area contributed by atoms with Gasteiger partial charge in [0.05, 0.1) is 12.6 Å². The van der Waals surface area contributed by atoms with Gasteiger partial charge in [-0.25, -0.2) is 0 Å². The number of anilines is 1. The lowest BCUT2D eigenvalue weighted by Gasteiger charge is -2.41. The maximum Gasteiger partial charge on any atom is 0.0867 e. The van der Waals surface area contributed by atoms with Crippen LogP contribution in [0, 0.1) is 22.2 Å². The maximum atomic E-state index is 8.90. The number of nitriles is 1. The quantitative estimate of drug-likeness (QED) is 0.699. The van der Waals surface area contributed by atoms with Crippen LogP contribution in [0.2, 0.25) is 0 Å². The van der Waals surface area contributed by atoms with Gasteiger partial charge >= 0.3 is 0 Å². The van der Waals surface area contributed by atoms with Crippen molar-refractivity contribution in [1.82, 2.24) is 4.90 Å². The number of benzene rings is 1. The second kappa shape index (κ2) is 8.03. The Hall–Kier alpha value is -1.50. The lowest BCUT2D eigenvalue weighted by molar-refractivity contribution is 0.229. The molecule has 0 atom stereocenters. The maximum absolute atomic E-state index is 8.90. The zero-order valence-electron chi connectivity index (χ0n) is 16.6. The van der Waals surface area contributed by atoms with E-state index in [2.05, 4.69) is 73.9 Å². The summed E-state index contributed by atoms with van der Waals surface area (Å²) in [5, 5.41) is 8.90. The van der Waals surface area contributed by atoms with Crippen LogP contribution in [-0.2, 0) is 0 Å². The summed E-state index contributed by atoms with van der Waals surface area (Å²) >= 11 is 0. The molecule has 0 amide bonds. The fourth-order valence-corrected chi connectivity index (χ4v) is 4.83. The van der Waals surface area contributed by atoms with E-state index in [0.717, 1.165) is 32.6 Å². The van der Waals surface area contributed by atoms with E-state index in [1.165, 1.54) is 23.2 Å². The summed E-state index contributed by atoms with van der Waals surface area (Å²) in [7, 11) is 0. The van der Waals surface area contributed by atoms with Gasteiger partial charge in [-0.05, 0) is 35.3 Å². The molecule has 26 heavy (non-hydrogen) atoms. The molecule has 0 aromatic heterocycles. The molecule has 1 aliphatic carbocycles. The van der Waals surface area contributed by atoms with Crippen LogP contribution in [0.15, 0.2) is 30.3 Å². The second-order valence-electron chi connectivity index (χ2n) is 9.11. The zero-order chi connectivity index (χ0) is 18.1. The van der Waals surface area contributed by atoms with Crippen molar-refractivity contribution in [2.45, 2.75) is 40.5 Å². The average molecular weight is 374 g/mol. The topological polar surface area (TPSA) is 30.3 Å². The highest BCUT2D eigenvalue weighted by Crippen LogP contribution is 2.48. The van der Waals surface area contributed by atoms with Crippen LogP contribution in [0.3, 0.4) is 0 Å². The molecular weight excluding hydrogens is 342 g/mol. The van der Waals surface area contributed by atoms with E-state index in [1.54, 1.807) is 0 Å². The van der Waals surface area contributed by atoms with Crippen molar-refractivity contribution in [3.05, 3.63) is 35.9 Å². The molecule has 1 saturated heterocycles. The molecule has 3 nitrogen and oxygen atoms in total. The number of nitrogens with zero attached hydrogens (tertiary/aromatic N) is 3. The normalized spacial score (nSPS) is 22.1. The Morgan fingerprint density at radius 2 is 1.69 bits per heavy atom. The molecule has 1 fully saturated rings. The van der Waals surface area contributed by atoms with Crippen molar-refractivity contribution in [2.24, 2.45) is 10.8 Å². The van der Waals surface area contributed by atoms with E-state index in [0.29, 0.717) is 12.0 Å². The standard InChI is InChI=1S/C22H31N3.ClH/c1-21(2)15-18(16-22(3,4)17-21)19-7-5-6-8-20(19)25-13-11-24(10-9-23)12-14-25;/h5-8,15H,10-14,16-17H2,1-4H3;1H. The van der Waals surface area contributed by atoms with Gasteiger partial charge in [0.2, 0.25) is 0 Å². The molecule has 1 aromatic carbocycles. The predicted molar refractivity (Wildman–Crippen MR) is 113 cm³/mol. The molecule has 1 aromatic rings. The van der Waals surface area contributed by atoms with Crippen LogP contribution in [0.1, 0.15) is 46.1 Å². The van der Waals surface area contributed by atoms with Gasteiger partial charge in [-0.2, -0.15) is 5.26 Å². The van der Waals surface area contributed by atoms with Crippen LogP contribution < -0.4 is 4.90 Å². The summed E-state index contributed by atoms with van der Waals surface area (Å²) in [5.41, 5.74) is 4.84. The third kappa shape index (κ3) is 4.81. The van der Waals surface area contributed by atoms with Gasteiger partial charge in [0.15, 0.2) is 0 Å². The third-order valence-corrected chi connectivity index (χ3v) is 5.43. The van der Waals surface area contributed by atoms with Gasteiger partial charge in [0, 0.05) is 37.4 Å². The molecule has 3 rings (SSSR count). The van der Waals surface area contributed by atoms with E-state index < -0.39 is 0 Å². The van der Waals surface area contributed by atoms with E-state index >= 15 is 0 Å². The van der Waals surface area contributed by atoms with Crippen molar-refractivity contribution < 1.29 is 0 Å². The molecule has 2 aliphatic rings. The van der Waals surface area contributed by atoms with E-state index in [4.69, 9.17) is 5.26 Å². The van der Waals surface area contributed by atoms with Crippen LogP contribution in [0.25, 0.3) is 5.57 Å². The van der Waals surface area contributed by atoms with Crippen molar-refractivity contribution in [3.8, 4) is 6.07 Å². The number of allylic oxidation sites excluding steroid dienone is 2. The highest BCUT2D eigenvalue weighted by molar-refractivity contribution is 5.85. The average Bonchev–Trinajstić information content (AvgIpc) is 2.53. The Morgan fingerprint density at radius 1 is 1.04 bits per heavy atom. The first-order valence-electron chi connectivity index (χ1n) is 9.45. The Kier molecular flexibility index (Phi) is 6.42. The lowest BCUT2D eigenvalue weighted by atomic mass is 9.65. The van der Waals surface area contributed by atoms with Gasteiger partial charge < -0.3 is 4.90 Å². The molecule has 1 heterocycles. The summed E-state index contributed by atoms with van der Waals surface area (Å²) in [6.07, 6.45) is 4.88. The van der Waals surface area contributed by atoms with Gasteiger partial charge in [0.25, 0.3) is 0 Å². The summed E-state index contributed by atoms with van der Waals surface area (Å²) in [5.74, 6) is 0. The Morgan fingerprint density at radius 3 is 2.31 bits per heavy atom. The SMILES string of the molecule is CC1(C)C=C(c2ccccc2N2CCN(CC#N)CC2)CC(C)(C)C1.Cl. The number of rotatable bonds is 3. The molecule has 0 bridgehead atoms. The van der Waals surface area contributed by atoms with Gasteiger partial charge in [-0.1, -0.05) is 52.0 Å². The molecule has 1 aliphatic heterocycles. The summed E-state index contributed by atoms with van der Waals surface area (Å²) in [4.78, 5) is 4.74. The van der Waals surface area contributed by atoms with Gasteiger partial charge in [-0.3, -0.25) is 4.90 Å². The van der Waals surface area contributed by atoms with Crippen LogP contribution in [0.4, 0.5) is 5.69 Å². The van der Waals surface area contributed by atoms with Crippen LogP contribution >= 0.6 is 12.4 Å². The van der Waals surface area contributed by atoms with E-state index in [-0.39, 0.29) is 17.8 Å². The first-order valence-corrected chi connectivity index (χ1v) is 9.45. The second-order valence-corrected chi connectivity index (χ2v) is 9.11. The van der Waals surface area contributed by atoms with Gasteiger partial charge in [-0.15, -0.1) is 12.4 Å². The van der Waals surface area contributed by atoms with Gasteiger partial charge in [0.1, 0.15) is 0 Å². The number of para-hydroxylation sites is 1. The van der Waals surface area contributed by atoms with Crippen molar-refractivity contribution >= 4 is 23.7 Å². The molecule has 4 heteroatoms. The molecule has 0 spiro atoms. The highest BCUT2D eigenvalue weighted by Gasteiger charge is 2.34. The molecular formula is C22H32ClN3.